The Balaban J connectivity index is 2.00. The molecule has 2 aromatic rings. The van der Waals surface area contributed by atoms with E-state index in [1.54, 1.807) is 12.1 Å². The Hall–Kier alpha value is -2.01. The number of phenols is 1. The van der Waals surface area contributed by atoms with Gasteiger partial charge in [0, 0.05) is 38.8 Å². The van der Waals surface area contributed by atoms with Crippen LogP contribution in [0.3, 0.4) is 0 Å². The summed E-state index contributed by atoms with van der Waals surface area (Å²) in [5.74, 6) is 0.287. The molecule has 1 aromatic carbocycles. The third-order valence-electron chi connectivity index (χ3n) is 3.52. The molecule has 0 aliphatic carbocycles. The van der Waals surface area contributed by atoms with Gasteiger partial charge in [0.1, 0.15) is 5.75 Å². The van der Waals surface area contributed by atoms with E-state index in [-0.39, 0.29) is 5.75 Å². The number of benzene rings is 1. The molecule has 0 atom stereocenters. The zero-order valence-electron chi connectivity index (χ0n) is 11.0. The lowest BCUT2D eigenvalue weighted by molar-refractivity contribution is 0.475. The van der Waals surface area contributed by atoms with Crippen molar-refractivity contribution in [3.8, 4) is 17.0 Å². The molecule has 100 valence electrons. The van der Waals surface area contributed by atoms with Gasteiger partial charge in [-0.2, -0.15) is 5.10 Å². The molecule has 5 heteroatoms. The number of piperazine rings is 1. The molecule has 0 saturated carbocycles. The van der Waals surface area contributed by atoms with E-state index in [2.05, 4.69) is 15.3 Å². The zero-order valence-corrected chi connectivity index (χ0v) is 11.0. The molecule has 0 radical (unpaired) electrons. The van der Waals surface area contributed by atoms with Gasteiger partial charge in [-0.3, -0.25) is 4.68 Å². The Kier molecular flexibility index (Phi) is 3.13. The Bertz CT molecular complexity index is 555. The maximum absolute atomic E-state index is 9.40. The van der Waals surface area contributed by atoms with Crippen LogP contribution in [0.5, 0.6) is 5.75 Å². The number of rotatable bonds is 2. The Labute approximate surface area is 112 Å². The molecule has 19 heavy (non-hydrogen) atoms. The average molecular weight is 258 g/mol. The molecule has 1 aliphatic heterocycles. The Morgan fingerprint density at radius 2 is 1.84 bits per heavy atom. The van der Waals surface area contributed by atoms with E-state index in [9.17, 15) is 5.11 Å². The highest BCUT2D eigenvalue weighted by Crippen LogP contribution is 2.31. The van der Waals surface area contributed by atoms with E-state index in [1.165, 1.54) is 0 Å². The summed E-state index contributed by atoms with van der Waals surface area (Å²) in [4.78, 5) is 2.35. The van der Waals surface area contributed by atoms with Crippen molar-refractivity contribution in [3.05, 3.63) is 30.5 Å². The van der Waals surface area contributed by atoms with E-state index in [0.29, 0.717) is 0 Å². The van der Waals surface area contributed by atoms with Crippen molar-refractivity contribution in [3.63, 3.8) is 0 Å². The zero-order chi connectivity index (χ0) is 13.2. The molecule has 1 aliphatic rings. The molecule has 0 unspecified atom stereocenters. The van der Waals surface area contributed by atoms with E-state index in [0.717, 1.165) is 43.1 Å². The summed E-state index contributed by atoms with van der Waals surface area (Å²) in [6, 6.07) is 7.28. The SMILES string of the molecule is Cn1ncc(N2CCNCC2)c1-c1ccc(O)cc1. The summed E-state index contributed by atoms with van der Waals surface area (Å²) in [5, 5.41) is 17.1. The van der Waals surface area contributed by atoms with Crippen molar-refractivity contribution in [1.29, 1.82) is 0 Å². The fraction of sp³-hybridized carbons (Fsp3) is 0.357. The molecule has 1 saturated heterocycles. The molecule has 0 amide bonds. The number of aromatic nitrogens is 2. The van der Waals surface area contributed by atoms with Crippen molar-refractivity contribution < 1.29 is 5.11 Å². The molecule has 5 nitrogen and oxygen atoms in total. The summed E-state index contributed by atoms with van der Waals surface area (Å²) >= 11 is 0. The third kappa shape index (κ3) is 2.29. The Morgan fingerprint density at radius 1 is 1.16 bits per heavy atom. The third-order valence-corrected chi connectivity index (χ3v) is 3.52. The van der Waals surface area contributed by atoms with Gasteiger partial charge in [0.25, 0.3) is 0 Å². The van der Waals surface area contributed by atoms with Gasteiger partial charge in [-0.15, -0.1) is 0 Å². The van der Waals surface area contributed by atoms with Gasteiger partial charge in [-0.1, -0.05) is 0 Å². The second-order valence-corrected chi connectivity index (χ2v) is 4.79. The van der Waals surface area contributed by atoms with Gasteiger partial charge in [-0.05, 0) is 24.3 Å². The number of aromatic hydroxyl groups is 1. The fourth-order valence-electron chi connectivity index (χ4n) is 2.52. The van der Waals surface area contributed by atoms with Crippen LogP contribution in [-0.4, -0.2) is 41.1 Å². The van der Waals surface area contributed by atoms with E-state index < -0.39 is 0 Å². The van der Waals surface area contributed by atoms with Crippen LogP contribution in [0, 0.1) is 0 Å². The largest absolute Gasteiger partial charge is 0.508 e. The predicted molar refractivity (Wildman–Crippen MR) is 75.4 cm³/mol. The van der Waals surface area contributed by atoms with Crippen LogP contribution in [0.15, 0.2) is 30.5 Å². The summed E-state index contributed by atoms with van der Waals surface area (Å²) in [7, 11) is 1.95. The molecule has 1 fully saturated rings. The van der Waals surface area contributed by atoms with Crippen LogP contribution >= 0.6 is 0 Å². The van der Waals surface area contributed by atoms with Gasteiger partial charge in [0.05, 0.1) is 17.6 Å². The maximum Gasteiger partial charge on any atom is 0.115 e. The average Bonchev–Trinajstić information content (AvgIpc) is 2.83. The monoisotopic (exact) mass is 258 g/mol. The number of anilines is 1. The number of hydrogen-bond donors (Lipinski definition) is 2. The predicted octanol–water partition coefficient (Wildman–Crippen LogP) is 1.20. The molecule has 0 spiro atoms. The summed E-state index contributed by atoms with van der Waals surface area (Å²) in [6.45, 7) is 4.00. The minimum absolute atomic E-state index is 0.287. The quantitative estimate of drug-likeness (QED) is 0.850. The first-order valence-corrected chi connectivity index (χ1v) is 6.53. The molecule has 1 aromatic heterocycles. The lowest BCUT2D eigenvalue weighted by atomic mass is 10.1. The standard InChI is InChI=1S/C14H18N4O/c1-17-14(11-2-4-12(19)5-3-11)13(10-16-17)18-8-6-15-7-9-18/h2-5,10,15,19H,6-9H2,1H3. The van der Waals surface area contributed by atoms with Gasteiger partial charge < -0.3 is 15.3 Å². The van der Waals surface area contributed by atoms with Crippen molar-refractivity contribution in [2.24, 2.45) is 7.05 Å². The molecule has 3 rings (SSSR count). The minimum atomic E-state index is 0.287. The normalized spacial score (nSPS) is 15.7. The number of aryl methyl sites for hydroxylation is 1. The van der Waals surface area contributed by atoms with E-state index in [4.69, 9.17) is 0 Å². The molecule has 2 N–H and O–H groups in total. The number of nitrogens with one attached hydrogen (secondary N) is 1. The molecular formula is C14H18N4O. The highest BCUT2D eigenvalue weighted by molar-refractivity contribution is 5.75. The van der Waals surface area contributed by atoms with Crippen LogP contribution in [0.1, 0.15) is 0 Å². The number of hydrogen-bond acceptors (Lipinski definition) is 4. The highest BCUT2D eigenvalue weighted by Gasteiger charge is 2.18. The van der Waals surface area contributed by atoms with Crippen molar-refractivity contribution >= 4 is 5.69 Å². The smallest absolute Gasteiger partial charge is 0.115 e. The first-order chi connectivity index (χ1) is 9.25. The molecule has 0 bridgehead atoms. The van der Waals surface area contributed by atoms with E-state index >= 15 is 0 Å². The maximum atomic E-state index is 9.40. The van der Waals surface area contributed by atoms with Crippen LogP contribution in [0.25, 0.3) is 11.3 Å². The van der Waals surface area contributed by atoms with Crippen LogP contribution in [0.4, 0.5) is 5.69 Å². The number of nitrogens with zero attached hydrogens (tertiary/aromatic N) is 3. The fourth-order valence-corrected chi connectivity index (χ4v) is 2.52. The Morgan fingerprint density at radius 3 is 2.53 bits per heavy atom. The highest BCUT2D eigenvalue weighted by atomic mass is 16.3. The second kappa shape index (κ2) is 4.93. The minimum Gasteiger partial charge on any atom is -0.508 e. The van der Waals surface area contributed by atoms with Crippen LogP contribution in [-0.2, 0) is 7.05 Å². The van der Waals surface area contributed by atoms with Gasteiger partial charge in [0.15, 0.2) is 0 Å². The summed E-state index contributed by atoms with van der Waals surface area (Å²) in [6.07, 6.45) is 1.92. The van der Waals surface area contributed by atoms with Gasteiger partial charge in [0.2, 0.25) is 0 Å². The van der Waals surface area contributed by atoms with Gasteiger partial charge in [-0.25, -0.2) is 0 Å². The first kappa shape index (κ1) is 12.0. The van der Waals surface area contributed by atoms with Crippen LogP contribution < -0.4 is 10.2 Å². The van der Waals surface area contributed by atoms with Gasteiger partial charge >= 0.3 is 0 Å². The second-order valence-electron chi connectivity index (χ2n) is 4.79. The lowest BCUT2D eigenvalue weighted by Crippen LogP contribution is -2.43. The lowest BCUT2D eigenvalue weighted by Gasteiger charge is -2.29. The van der Waals surface area contributed by atoms with E-state index in [1.807, 2.05) is 30.1 Å². The molecule has 2 heterocycles. The molecular weight excluding hydrogens is 240 g/mol. The van der Waals surface area contributed by atoms with Crippen molar-refractivity contribution in [2.75, 3.05) is 31.1 Å². The first-order valence-electron chi connectivity index (χ1n) is 6.53. The summed E-state index contributed by atoms with van der Waals surface area (Å²) < 4.78 is 1.89. The topological polar surface area (TPSA) is 53.3 Å². The van der Waals surface area contributed by atoms with Crippen LogP contribution in [0.2, 0.25) is 0 Å². The van der Waals surface area contributed by atoms with Crippen molar-refractivity contribution in [1.82, 2.24) is 15.1 Å². The number of phenolic OH excluding ortho intramolecular Hbond substituents is 1. The van der Waals surface area contributed by atoms with Crippen molar-refractivity contribution in [2.45, 2.75) is 0 Å². The summed E-state index contributed by atoms with van der Waals surface area (Å²) in [5.41, 5.74) is 3.34.